The van der Waals surface area contributed by atoms with Crippen molar-refractivity contribution < 1.29 is 4.74 Å². The number of nitrogens with one attached hydrogen (secondary N) is 1. The average molecular weight is 280 g/mol. The average Bonchev–Trinajstić information content (AvgIpc) is 2.55. The van der Waals surface area contributed by atoms with Crippen LogP contribution in [-0.2, 0) is 6.61 Å². The van der Waals surface area contributed by atoms with Crippen molar-refractivity contribution in [1.29, 1.82) is 5.26 Å². The molecule has 3 heteroatoms. The van der Waals surface area contributed by atoms with Crippen molar-refractivity contribution in [2.24, 2.45) is 0 Å². The number of benzene rings is 2. The highest BCUT2D eigenvalue weighted by Crippen LogP contribution is 2.27. The van der Waals surface area contributed by atoms with E-state index in [-0.39, 0.29) is 0 Å². The fourth-order valence-electron chi connectivity index (χ4n) is 2.32. The van der Waals surface area contributed by atoms with Crippen LogP contribution < -0.4 is 10.1 Å². The molecule has 0 saturated carbocycles. The summed E-state index contributed by atoms with van der Waals surface area (Å²) in [5.74, 6) is 0.906. The molecule has 0 radical (unpaired) electrons. The lowest BCUT2D eigenvalue weighted by Crippen LogP contribution is -2.16. The highest BCUT2D eigenvalue weighted by atomic mass is 16.5. The quantitative estimate of drug-likeness (QED) is 0.875. The summed E-state index contributed by atoms with van der Waals surface area (Å²) in [5, 5.41) is 12.1. The van der Waals surface area contributed by atoms with Crippen LogP contribution in [0.5, 0.6) is 5.75 Å². The maximum atomic E-state index is 8.80. The molecule has 1 N–H and O–H groups in total. The summed E-state index contributed by atoms with van der Waals surface area (Å²) in [6, 6.07) is 18.0. The molecular weight excluding hydrogens is 260 g/mol. The van der Waals surface area contributed by atoms with Crippen LogP contribution in [0.15, 0.2) is 48.5 Å². The van der Waals surface area contributed by atoms with E-state index >= 15 is 0 Å². The minimum Gasteiger partial charge on any atom is -0.489 e. The molecule has 2 aromatic rings. The van der Waals surface area contributed by atoms with Gasteiger partial charge in [-0.3, -0.25) is 0 Å². The second kappa shape index (κ2) is 7.47. The molecule has 0 saturated heterocycles. The third kappa shape index (κ3) is 3.84. The molecule has 21 heavy (non-hydrogen) atoms. The number of ether oxygens (including phenoxy) is 1. The predicted octanol–water partition coefficient (Wildman–Crippen LogP) is 3.81. The second-order valence-electron chi connectivity index (χ2n) is 4.88. The number of para-hydroxylation sites is 1. The number of nitriles is 1. The van der Waals surface area contributed by atoms with E-state index in [9.17, 15) is 0 Å². The summed E-state index contributed by atoms with van der Waals surface area (Å²) in [7, 11) is 1.96. The number of hydrogen-bond acceptors (Lipinski definition) is 3. The minimum atomic E-state index is 0.294. The largest absolute Gasteiger partial charge is 0.489 e. The van der Waals surface area contributed by atoms with Crippen molar-refractivity contribution in [1.82, 2.24) is 5.32 Å². The highest BCUT2D eigenvalue weighted by molar-refractivity contribution is 5.36. The van der Waals surface area contributed by atoms with Crippen LogP contribution in [0.2, 0.25) is 0 Å². The molecule has 0 amide bonds. The summed E-state index contributed by atoms with van der Waals surface area (Å²) in [6.07, 6.45) is 1.01. The topological polar surface area (TPSA) is 45.0 Å². The van der Waals surface area contributed by atoms with Crippen LogP contribution in [-0.4, -0.2) is 7.05 Å². The zero-order chi connectivity index (χ0) is 15.1. The van der Waals surface area contributed by atoms with E-state index < -0.39 is 0 Å². The maximum Gasteiger partial charge on any atom is 0.124 e. The zero-order valence-electron chi connectivity index (χ0n) is 12.5. The third-order valence-electron chi connectivity index (χ3n) is 3.53. The van der Waals surface area contributed by atoms with Gasteiger partial charge in [-0.25, -0.2) is 0 Å². The first-order valence-electron chi connectivity index (χ1n) is 7.16. The molecule has 0 fully saturated rings. The summed E-state index contributed by atoms with van der Waals surface area (Å²) >= 11 is 0. The Bertz CT molecular complexity index is 610. The molecular formula is C18H20N2O. The van der Waals surface area contributed by atoms with Crippen LogP contribution >= 0.6 is 0 Å². The van der Waals surface area contributed by atoms with E-state index in [0.29, 0.717) is 18.2 Å². The first-order chi connectivity index (χ1) is 10.3. The van der Waals surface area contributed by atoms with Gasteiger partial charge in [-0.15, -0.1) is 0 Å². The lowest BCUT2D eigenvalue weighted by molar-refractivity contribution is 0.299. The van der Waals surface area contributed by atoms with Crippen molar-refractivity contribution in [2.75, 3.05) is 7.05 Å². The Labute approximate surface area is 126 Å². The van der Waals surface area contributed by atoms with Gasteiger partial charge in [0.15, 0.2) is 0 Å². The second-order valence-corrected chi connectivity index (χ2v) is 4.88. The van der Waals surface area contributed by atoms with Gasteiger partial charge in [0.25, 0.3) is 0 Å². The molecule has 0 aliphatic carbocycles. The Morgan fingerprint density at radius 1 is 1.14 bits per heavy atom. The summed E-state index contributed by atoms with van der Waals surface area (Å²) in [4.78, 5) is 0. The van der Waals surface area contributed by atoms with Crippen LogP contribution in [0.3, 0.4) is 0 Å². The lowest BCUT2D eigenvalue weighted by atomic mass is 10.0. The highest BCUT2D eigenvalue weighted by Gasteiger charge is 2.12. The third-order valence-corrected chi connectivity index (χ3v) is 3.53. The Hall–Kier alpha value is -2.31. The van der Waals surface area contributed by atoms with Crippen LogP contribution in [0.4, 0.5) is 0 Å². The minimum absolute atomic E-state index is 0.294. The lowest BCUT2D eigenvalue weighted by Gasteiger charge is -2.18. The summed E-state index contributed by atoms with van der Waals surface area (Å²) in [6.45, 7) is 2.65. The van der Waals surface area contributed by atoms with Crippen LogP contribution in [0.25, 0.3) is 0 Å². The van der Waals surface area contributed by atoms with E-state index in [4.69, 9.17) is 10.00 Å². The molecule has 1 atom stereocenters. The Morgan fingerprint density at radius 3 is 2.48 bits per heavy atom. The maximum absolute atomic E-state index is 8.80. The van der Waals surface area contributed by atoms with Gasteiger partial charge in [0, 0.05) is 11.6 Å². The molecule has 2 aromatic carbocycles. The van der Waals surface area contributed by atoms with Crippen molar-refractivity contribution in [3.8, 4) is 11.8 Å². The molecule has 0 aromatic heterocycles. The monoisotopic (exact) mass is 280 g/mol. The summed E-state index contributed by atoms with van der Waals surface area (Å²) < 4.78 is 5.96. The molecule has 0 spiro atoms. The Balaban J connectivity index is 2.10. The first kappa shape index (κ1) is 15.1. The normalized spacial score (nSPS) is 11.7. The van der Waals surface area contributed by atoms with E-state index in [1.165, 1.54) is 5.56 Å². The van der Waals surface area contributed by atoms with Crippen LogP contribution in [0.1, 0.15) is 36.1 Å². The van der Waals surface area contributed by atoms with Crippen LogP contribution in [0, 0.1) is 11.3 Å². The first-order valence-corrected chi connectivity index (χ1v) is 7.16. The molecule has 2 rings (SSSR count). The smallest absolute Gasteiger partial charge is 0.124 e. The van der Waals surface area contributed by atoms with E-state index in [1.54, 1.807) is 0 Å². The molecule has 0 aliphatic rings. The predicted molar refractivity (Wildman–Crippen MR) is 84.0 cm³/mol. The number of nitrogens with zero attached hydrogens (tertiary/aromatic N) is 1. The molecule has 1 unspecified atom stereocenters. The molecule has 0 bridgehead atoms. The van der Waals surface area contributed by atoms with Gasteiger partial charge in [-0.1, -0.05) is 37.3 Å². The van der Waals surface area contributed by atoms with Gasteiger partial charge in [0.1, 0.15) is 12.4 Å². The SMILES string of the molecule is CCC(NC)c1ccccc1OCc1ccc(C#N)cc1. The van der Waals surface area contributed by atoms with Gasteiger partial charge in [-0.2, -0.15) is 5.26 Å². The Kier molecular flexibility index (Phi) is 5.36. The standard InChI is InChI=1S/C18H20N2O/c1-3-17(20-2)16-6-4-5-7-18(16)21-13-15-10-8-14(12-19)9-11-15/h4-11,17,20H,3,13H2,1-2H3. The van der Waals surface area contributed by atoms with Gasteiger partial charge < -0.3 is 10.1 Å². The molecule has 0 heterocycles. The number of hydrogen-bond donors (Lipinski definition) is 1. The van der Waals surface area contributed by atoms with Crippen molar-refractivity contribution >= 4 is 0 Å². The fourth-order valence-corrected chi connectivity index (χ4v) is 2.32. The fraction of sp³-hybridized carbons (Fsp3) is 0.278. The van der Waals surface area contributed by atoms with E-state index in [0.717, 1.165) is 17.7 Å². The number of rotatable bonds is 6. The van der Waals surface area contributed by atoms with Gasteiger partial charge in [0.2, 0.25) is 0 Å². The van der Waals surface area contributed by atoms with Gasteiger partial charge in [0.05, 0.1) is 11.6 Å². The van der Waals surface area contributed by atoms with Gasteiger partial charge in [-0.05, 0) is 37.2 Å². The van der Waals surface area contributed by atoms with Crippen molar-refractivity contribution in [2.45, 2.75) is 26.0 Å². The molecule has 108 valence electrons. The summed E-state index contributed by atoms with van der Waals surface area (Å²) in [5.41, 5.74) is 2.90. The molecule has 0 aliphatic heterocycles. The van der Waals surface area contributed by atoms with Crippen molar-refractivity contribution in [3.63, 3.8) is 0 Å². The Morgan fingerprint density at radius 2 is 1.86 bits per heavy atom. The van der Waals surface area contributed by atoms with E-state index in [1.807, 2.05) is 49.5 Å². The zero-order valence-corrected chi connectivity index (χ0v) is 12.5. The van der Waals surface area contributed by atoms with Gasteiger partial charge >= 0.3 is 0 Å². The van der Waals surface area contributed by atoms with Crippen molar-refractivity contribution in [3.05, 3.63) is 65.2 Å². The van der Waals surface area contributed by atoms with E-state index in [2.05, 4.69) is 24.4 Å². The molecule has 3 nitrogen and oxygen atoms in total.